The number of carboxylic acids is 1. The van der Waals surface area contributed by atoms with Gasteiger partial charge in [0, 0.05) is 0 Å². The number of allylic oxidation sites excluding steroid dienone is 5. The maximum absolute atomic E-state index is 11.4. The Bertz CT molecular complexity index is 340. The van der Waals surface area contributed by atoms with E-state index in [2.05, 4.69) is 11.3 Å². The van der Waals surface area contributed by atoms with Crippen molar-refractivity contribution < 1.29 is 19.4 Å². The Morgan fingerprint density at radius 1 is 1.32 bits per heavy atom. The van der Waals surface area contributed by atoms with Crippen LogP contribution in [0.15, 0.2) is 36.5 Å². The number of carbonyl (C=O) groups is 2. The zero-order valence-corrected chi connectivity index (χ0v) is 12.2. The van der Waals surface area contributed by atoms with Crippen LogP contribution in [-0.2, 0) is 14.3 Å². The molecule has 0 radical (unpaired) electrons. The van der Waals surface area contributed by atoms with Crippen molar-refractivity contribution in [1.82, 2.24) is 0 Å². The van der Waals surface area contributed by atoms with Gasteiger partial charge in [0.05, 0.1) is 19.4 Å². The third-order valence-corrected chi connectivity index (χ3v) is 2.15. The highest BCUT2D eigenvalue weighted by molar-refractivity contribution is 5.79. The predicted molar refractivity (Wildman–Crippen MR) is 76.8 cm³/mol. The van der Waals surface area contributed by atoms with Crippen LogP contribution in [0.3, 0.4) is 0 Å². The van der Waals surface area contributed by atoms with Gasteiger partial charge in [0.1, 0.15) is 0 Å². The first-order valence-corrected chi connectivity index (χ1v) is 6.29. The number of ether oxygens (including phenoxy) is 1. The lowest BCUT2D eigenvalue weighted by molar-refractivity contribution is -0.150. The highest BCUT2D eigenvalue weighted by Gasteiger charge is 2.22. The number of aliphatic carboxylic acids is 1. The van der Waals surface area contributed by atoms with Crippen LogP contribution in [0.2, 0.25) is 0 Å². The van der Waals surface area contributed by atoms with Crippen molar-refractivity contribution in [2.75, 3.05) is 7.11 Å². The Kier molecular flexibility index (Phi) is 12.9. The summed E-state index contributed by atoms with van der Waals surface area (Å²) in [5.41, 5.74) is 0.846. The molecule has 0 aromatic rings. The van der Waals surface area contributed by atoms with E-state index >= 15 is 0 Å². The molecule has 1 unspecified atom stereocenters. The molecular formula is C15H24O4. The highest BCUT2D eigenvalue weighted by Crippen LogP contribution is 2.18. The molecule has 0 aliphatic heterocycles. The molecule has 108 valence electrons. The minimum atomic E-state index is -1.01. The molecule has 0 amide bonds. The Morgan fingerprint density at radius 3 is 2.26 bits per heavy atom. The maximum Gasteiger partial charge on any atom is 0.309 e. The van der Waals surface area contributed by atoms with Crippen LogP contribution >= 0.6 is 0 Å². The fourth-order valence-electron chi connectivity index (χ4n) is 1.46. The second kappa shape index (κ2) is 12.6. The van der Waals surface area contributed by atoms with Gasteiger partial charge in [0.2, 0.25) is 0 Å². The van der Waals surface area contributed by atoms with E-state index in [1.54, 1.807) is 12.2 Å². The van der Waals surface area contributed by atoms with Gasteiger partial charge >= 0.3 is 11.9 Å². The minimum absolute atomic E-state index is 0.237. The predicted octanol–water partition coefficient (Wildman–Crippen LogP) is 3.36. The summed E-state index contributed by atoms with van der Waals surface area (Å²) in [6.07, 6.45) is 7.08. The van der Waals surface area contributed by atoms with Gasteiger partial charge in [0.15, 0.2) is 0 Å². The number of hydrogen-bond acceptors (Lipinski definition) is 3. The monoisotopic (exact) mass is 268 g/mol. The smallest absolute Gasteiger partial charge is 0.309 e. The molecule has 4 heteroatoms. The van der Waals surface area contributed by atoms with Gasteiger partial charge in [-0.2, -0.15) is 0 Å². The summed E-state index contributed by atoms with van der Waals surface area (Å²) < 4.78 is 4.59. The van der Waals surface area contributed by atoms with E-state index < -0.39 is 17.9 Å². The van der Waals surface area contributed by atoms with Crippen LogP contribution in [0.25, 0.3) is 0 Å². The molecule has 1 atom stereocenters. The van der Waals surface area contributed by atoms with Crippen molar-refractivity contribution in [3.63, 3.8) is 0 Å². The van der Waals surface area contributed by atoms with Crippen molar-refractivity contribution in [3.05, 3.63) is 36.5 Å². The Labute approximate surface area is 115 Å². The molecule has 0 bridgehead atoms. The third kappa shape index (κ3) is 9.83. The summed E-state index contributed by atoms with van der Waals surface area (Å²) in [4.78, 5) is 22.1. The number of rotatable bonds is 7. The third-order valence-electron chi connectivity index (χ3n) is 2.15. The summed E-state index contributed by atoms with van der Waals surface area (Å²) in [5, 5.41) is 8.74. The Morgan fingerprint density at radius 2 is 1.89 bits per heavy atom. The van der Waals surface area contributed by atoms with Gasteiger partial charge in [-0.25, -0.2) is 0 Å². The first-order chi connectivity index (χ1) is 9.04. The summed E-state index contributed by atoms with van der Waals surface area (Å²) in [7, 11) is 1.25. The number of methoxy groups -OCH3 is 1. The van der Waals surface area contributed by atoms with Crippen LogP contribution in [0, 0.1) is 5.92 Å². The fourth-order valence-corrected chi connectivity index (χ4v) is 1.46. The van der Waals surface area contributed by atoms with E-state index in [4.69, 9.17) is 5.11 Å². The van der Waals surface area contributed by atoms with Crippen LogP contribution in [0.4, 0.5) is 0 Å². The number of carbonyl (C=O) groups excluding carboxylic acids is 1. The molecule has 19 heavy (non-hydrogen) atoms. The molecule has 1 N–H and O–H groups in total. The van der Waals surface area contributed by atoms with Crippen molar-refractivity contribution >= 4 is 11.9 Å². The molecule has 0 saturated carbocycles. The summed E-state index contributed by atoms with van der Waals surface area (Å²) in [5.74, 6) is -2.19. The van der Waals surface area contributed by atoms with E-state index in [1.807, 2.05) is 32.9 Å². The lowest BCUT2D eigenvalue weighted by Crippen LogP contribution is -2.20. The lowest BCUT2D eigenvalue weighted by atomic mass is 9.95. The lowest BCUT2D eigenvalue weighted by Gasteiger charge is -2.12. The molecule has 0 aromatic carbocycles. The molecule has 0 aliphatic carbocycles. The van der Waals surface area contributed by atoms with E-state index in [0.29, 0.717) is 6.42 Å². The first kappa shape index (κ1) is 19.5. The second-order valence-electron chi connectivity index (χ2n) is 3.50. The van der Waals surface area contributed by atoms with Gasteiger partial charge in [-0.05, 0) is 18.9 Å². The normalized spacial score (nSPS) is 12.3. The SMILES string of the molecule is C=C/C=C(\C=C/C)CC(CC(=O)O)C(=O)OC.CC. The van der Waals surface area contributed by atoms with Crippen LogP contribution in [0.5, 0.6) is 0 Å². The molecule has 0 fully saturated rings. The van der Waals surface area contributed by atoms with Crippen LogP contribution in [-0.4, -0.2) is 24.2 Å². The zero-order valence-electron chi connectivity index (χ0n) is 12.2. The summed E-state index contributed by atoms with van der Waals surface area (Å²) in [6.45, 7) is 9.42. The van der Waals surface area contributed by atoms with Crippen molar-refractivity contribution in [1.29, 1.82) is 0 Å². The van der Waals surface area contributed by atoms with E-state index in [9.17, 15) is 9.59 Å². The van der Waals surface area contributed by atoms with Gasteiger partial charge in [0.25, 0.3) is 0 Å². The Balaban J connectivity index is 0. The van der Waals surface area contributed by atoms with Crippen molar-refractivity contribution in [2.24, 2.45) is 5.92 Å². The average molecular weight is 268 g/mol. The van der Waals surface area contributed by atoms with E-state index in [0.717, 1.165) is 5.57 Å². The van der Waals surface area contributed by atoms with E-state index in [1.165, 1.54) is 7.11 Å². The molecule has 0 aromatic heterocycles. The molecule has 0 saturated heterocycles. The minimum Gasteiger partial charge on any atom is -0.481 e. The summed E-state index contributed by atoms with van der Waals surface area (Å²) in [6, 6.07) is 0. The number of carboxylic acid groups (broad SMARTS) is 1. The molecule has 0 spiro atoms. The number of esters is 1. The Hall–Kier alpha value is -1.84. The summed E-state index contributed by atoms with van der Waals surface area (Å²) >= 11 is 0. The van der Waals surface area contributed by atoms with Crippen molar-refractivity contribution in [3.8, 4) is 0 Å². The van der Waals surface area contributed by atoms with E-state index in [-0.39, 0.29) is 6.42 Å². The van der Waals surface area contributed by atoms with Gasteiger partial charge in [-0.15, -0.1) is 0 Å². The second-order valence-corrected chi connectivity index (χ2v) is 3.50. The molecule has 0 aliphatic rings. The van der Waals surface area contributed by atoms with Crippen molar-refractivity contribution in [2.45, 2.75) is 33.6 Å². The molecule has 0 heterocycles. The highest BCUT2D eigenvalue weighted by atomic mass is 16.5. The van der Waals surface area contributed by atoms with Crippen LogP contribution < -0.4 is 0 Å². The number of hydrogen-bond donors (Lipinski definition) is 1. The maximum atomic E-state index is 11.4. The topological polar surface area (TPSA) is 63.6 Å². The molecule has 0 rings (SSSR count). The molecular weight excluding hydrogens is 244 g/mol. The standard InChI is InChI=1S/C13H18O4.C2H6/c1-4-6-10(7-5-2)8-11(9-12(14)15)13(16)17-3;1-2/h4-7,11H,1,8-9H2,2-3H3,(H,14,15);1-2H3/b7-5-,10-6+;. The average Bonchev–Trinajstić information content (AvgIpc) is 2.39. The largest absolute Gasteiger partial charge is 0.481 e. The van der Waals surface area contributed by atoms with Crippen LogP contribution in [0.1, 0.15) is 33.6 Å². The van der Waals surface area contributed by atoms with Gasteiger partial charge in [-0.1, -0.05) is 44.7 Å². The van der Waals surface area contributed by atoms with Gasteiger partial charge in [-0.3, -0.25) is 9.59 Å². The fraction of sp³-hybridized carbons (Fsp3) is 0.467. The molecule has 4 nitrogen and oxygen atoms in total. The quantitative estimate of drug-likeness (QED) is 0.568. The zero-order chi connectivity index (χ0) is 15.3. The first-order valence-electron chi connectivity index (χ1n) is 6.29. The van der Waals surface area contributed by atoms with Gasteiger partial charge < -0.3 is 9.84 Å².